The molecule has 4 aromatic rings. The third-order valence-corrected chi connectivity index (χ3v) is 7.34. The quantitative estimate of drug-likeness (QED) is 0.322. The second kappa shape index (κ2) is 8.97. The van der Waals surface area contributed by atoms with Gasteiger partial charge in [-0.25, -0.2) is 0 Å². The summed E-state index contributed by atoms with van der Waals surface area (Å²) >= 11 is 5.93. The number of benzene rings is 2. The van der Waals surface area contributed by atoms with Crippen molar-refractivity contribution in [2.45, 2.75) is 53.6 Å². The van der Waals surface area contributed by atoms with Gasteiger partial charge in [-0.2, -0.15) is 0 Å². The number of nitrogens with one attached hydrogen (secondary N) is 1. The van der Waals surface area contributed by atoms with E-state index in [9.17, 15) is 0 Å². The van der Waals surface area contributed by atoms with E-state index in [0.29, 0.717) is 0 Å². The highest BCUT2D eigenvalue weighted by molar-refractivity contribution is 7.80. The molecule has 2 aromatic carbocycles. The molecule has 1 saturated heterocycles. The highest BCUT2D eigenvalue weighted by atomic mass is 32.1. The first kappa shape index (κ1) is 23.3. The number of anilines is 1. The van der Waals surface area contributed by atoms with Gasteiger partial charge in [-0.05, 0) is 106 Å². The molecule has 0 saturated carbocycles. The summed E-state index contributed by atoms with van der Waals surface area (Å²) in [5, 5.41) is 4.32. The van der Waals surface area contributed by atoms with Crippen LogP contribution >= 0.6 is 12.2 Å². The number of aromatic nitrogens is 2. The minimum Gasteiger partial charge on any atom is -0.351 e. The van der Waals surface area contributed by atoms with Gasteiger partial charge in [-0.1, -0.05) is 35.9 Å². The van der Waals surface area contributed by atoms with Crippen LogP contribution in [-0.2, 0) is 0 Å². The predicted molar refractivity (Wildman–Crippen MR) is 149 cm³/mol. The first-order chi connectivity index (χ1) is 16.8. The number of rotatable bonds is 4. The van der Waals surface area contributed by atoms with E-state index < -0.39 is 0 Å². The molecule has 178 valence electrons. The first-order valence-corrected chi connectivity index (χ1v) is 12.5. The van der Waals surface area contributed by atoms with Crippen molar-refractivity contribution < 1.29 is 0 Å². The molecule has 0 amide bonds. The maximum atomic E-state index is 5.93. The summed E-state index contributed by atoms with van der Waals surface area (Å²) in [6.07, 6.45) is 1.86. The molecule has 0 radical (unpaired) electrons. The molecule has 5 heteroatoms. The van der Waals surface area contributed by atoms with Crippen LogP contribution in [0.1, 0.15) is 57.0 Å². The van der Waals surface area contributed by atoms with Gasteiger partial charge in [0.2, 0.25) is 0 Å². The minimum absolute atomic E-state index is 0.0230. The molecule has 2 aromatic heterocycles. The van der Waals surface area contributed by atoms with Gasteiger partial charge >= 0.3 is 0 Å². The van der Waals surface area contributed by atoms with Crippen LogP contribution in [0.2, 0.25) is 0 Å². The molecule has 0 aliphatic carbocycles. The Labute approximate surface area is 213 Å². The third kappa shape index (κ3) is 4.04. The zero-order valence-corrected chi connectivity index (χ0v) is 22.1. The van der Waals surface area contributed by atoms with Crippen molar-refractivity contribution >= 4 is 23.0 Å². The van der Waals surface area contributed by atoms with E-state index in [2.05, 4.69) is 105 Å². The molecule has 35 heavy (non-hydrogen) atoms. The van der Waals surface area contributed by atoms with Crippen molar-refractivity contribution in [1.29, 1.82) is 0 Å². The smallest absolute Gasteiger partial charge is 0.174 e. The fraction of sp³-hybridized carbons (Fsp3) is 0.267. The van der Waals surface area contributed by atoms with Crippen molar-refractivity contribution in [1.82, 2.24) is 14.9 Å². The molecular weight excluding hydrogens is 448 g/mol. The zero-order chi connectivity index (χ0) is 24.9. The Hall–Kier alpha value is -3.44. The van der Waals surface area contributed by atoms with Crippen molar-refractivity contribution in [3.05, 3.63) is 112 Å². The molecular formula is C30H32N4S. The molecule has 3 heterocycles. The second-order valence-electron chi connectivity index (χ2n) is 9.74. The predicted octanol–water partition coefficient (Wildman–Crippen LogP) is 6.90. The number of hydrogen-bond acceptors (Lipinski definition) is 2. The fourth-order valence-electron chi connectivity index (χ4n) is 5.68. The summed E-state index contributed by atoms with van der Waals surface area (Å²) < 4.78 is 2.41. The summed E-state index contributed by atoms with van der Waals surface area (Å²) in [5.74, 6) is 0. The summed E-state index contributed by atoms with van der Waals surface area (Å²) in [6, 6.07) is 21.4. The van der Waals surface area contributed by atoms with Crippen LogP contribution in [-0.4, -0.2) is 14.7 Å². The Balaban J connectivity index is 1.72. The van der Waals surface area contributed by atoms with E-state index in [1.54, 1.807) is 0 Å². The lowest BCUT2D eigenvalue weighted by molar-refractivity contribution is 0.565. The van der Waals surface area contributed by atoms with Crippen LogP contribution in [0.25, 0.3) is 5.69 Å². The Bertz CT molecular complexity index is 1400. The summed E-state index contributed by atoms with van der Waals surface area (Å²) in [5.41, 5.74) is 12.1. The van der Waals surface area contributed by atoms with Gasteiger partial charge in [0, 0.05) is 23.3 Å². The van der Waals surface area contributed by atoms with Crippen LogP contribution in [0.4, 0.5) is 5.69 Å². The van der Waals surface area contributed by atoms with Gasteiger partial charge in [-0.3, -0.25) is 4.98 Å². The van der Waals surface area contributed by atoms with Crippen molar-refractivity contribution in [3.8, 4) is 5.69 Å². The monoisotopic (exact) mass is 480 g/mol. The van der Waals surface area contributed by atoms with Crippen molar-refractivity contribution in [3.63, 3.8) is 0 Å². The maximum absolute atomic E-state index is 5.93. The summed E-state index contributed by atoms with van der Waals surface area (Å²) in [6.45, 7) is 13.1. The highest BCUT2D eigenvalue weighted by Gasteiger charge is 2.42. The Morgan fingerprint density at radius 1 is 0.829 bits per heavy atom. The molecule has 1 N–H and O–H groups in total. The van der Waals surface area contributed by atoms with Gasteiger partial charge in [0.1, 0.15) is 0 Å². The van der Waals surface area contributed by atoms with Crippen LogP contribution in [0.15, 0.2) is 66.9 Å². The molecule has 1 fully saturated rings. The SMILES string of the molecule is Cc1cccc(N2C(=S)N[C@@H](c3ccccn3)[C@H]2c2cc(C)n(-c3c(C)cc(C)cc3C)c2C)c1. The van der Waals surface area contributed by atoms with E-state index in [1.807, 2.05) is 18.3 Å². The lowest BCUT2D eigenvalue weighted by Gasteiger charge is -2.28. The van der Waals surface area contributed by atoms with Crippen LogP contribution in [0, 0.1) is 41.5 Å². The fourth-order valence-corrected chi connectivity index (χ4v) is 6.03. The second-order valence-corrected chi connectivity index (χ2v) is 10.1. The van der Waals surface area contributed by atoms with Gasteiger partial charge in [0.15, 0.2) is 5.11 Å². The van der Waals surface area contributed by atoms with Gasteiger partial charge in [0.25, 0.3) is 0 Å². The normalized spacial score (nSPS) is 17.7. The minimum atomic E-state index is -0.0571. The largest absolute Gasteiger partial charge is 0.351 e. The topological polar surface area (TPSA) is 33.1 Å². The number of nitrogens with zero attached hydrogens (tertiary/aromatic N) is 3. The van der Waals surface area contributed by atoms with E-state index in [1.165, 1.54) is 44.9 Å². The Morgan fingerprint density at radius 2 is 1.57 bits per heavy atom. The molecule has 5 rings (SSSR count). The maximum Gasteiger partial charge on any atom is 0.174 e. The number of pyridine rings is 1. The molecule has 1 aliphatic heterocycles. The Morgan fingerprint density at radius 3 is 2.23 bits per heavy atom. The van der Waals surface area contributed by atoms with E-state index >= 15 is 0 Å². The van der Waals surface area contributed by atoms with Gasteiger partial charge in [-0.15, -0.1) is 0 Å². The highest BCUT2D eigenvalue weighted by Crippen LogP contribution is 2.44. The number of aryl methyl sites for hydroxylation is 5. The number of hydrogen-bond donors (Lipinski definition) is 1. The van der Waals surface area contributed by atoms with E-state index in [0.717, 1.165) is 16.5 Å². The lowest BCUT2D eigenvalue weighted by atomic mass is 9.96. The van der Waals surface area contributed by atoms with E-state index in [-0.39, 0.29) is 12.1 Å². The summed E-state index contributed by atoms with van der Waals surface area (Å²) in [4.78, 5) is 6.98. The van der Waals surface area contributed by atoms with Gasteiger partial charge in [0.05, 0.1) is 23.5 Å². The summed E-state index contributed by atoms with van der Waals surface area (Å²) in [7, 11) is 0. The van der Waals surface area contributed by atoms with Crippen LogP contribution in [0.3, 0.4) is 0 Å². The molecule has 0 bridgehead atoms. The first-order valence-electron chi connectivity index (χ1n) is 12.1. The number of thiocarbonyl (C=S) groups is 1. The average Bonchev–Trinajstić information content (AvgIpc) is 3.30. The van der Waals surface area contributed by atoms with Gasteiger partial charge < -0.3 is 14.8 Å². The van der Waals surface area contributed by atoms with Crippen molar-refractivity contribution in [2.24, 2.45) is 0 Å². The Kier molecular flexibility index (Phi) is 5.97. The van der Waals surface area contributed by atoms with Crippen LogP contribution < -0.4 is 10.2 Å². The van der Waals surface area contributed by atoms with Crippen molar-refractivity contribution in [2.75, 3.05) is 4.90 Å². The standard InChI is InChI=1S/C30H32N4S/c1-18-10-9-11-24(16-18)34-29(27(32-30(34)35)26-12-7-8-13-31-26)25-17-22(5)33(23(25)6)28-20(3)14-19(2)15-21(28)4/h7-17,27,29H,1-6H3,(H,32,35)/t27-,29+/m0/s1. The molecule has 0 unspecified atom stereocenters. The molecule has 2 atom stereocenters. The zero-order valence-electron chi connectivity index (χ0n) is 21.3. The van der Waals surface area contributed by atoms with E-state index in [4.69, 9.17) is 17.2 Å². The molecule has 0 spiro atoms. The molecule has 4 nitrogen and oxygen atoms in total. The average molecular weight is 481 g/mol. The lowest BCUT2D eigenvalue weighted by Crippen LogP contribution is -2.29. The molecule has 1 aliphatic rings. The third-order valence-electron chi connectivity index (χ3n) is 7.03. The van der Waals surface area contributed by atoms with Crippen LogP contribution in [0.5, 0.6) is 0 Å².